The van der Waals surface area contributed by atoms with E-state index in [2.05, 4.69) is 11.7 Å². The van der Waals surface area contributed by atoms with Crippen molar-refractivity contribution in [1.82, 2.24) is 0 Å². The van der Waals surface area contributed by atoms with Crippen molar-refractivity contribution in [3.8, 4) is 0 Å². The van der Waals surface area contributed by atoms with Gasteiger partial charge in [0.05, 0.1) is 6.61 Å². The Kier molecular flexibility index (Phi) is 30.1. The molecule has 0 bridgehead atoms. The van der Waals surface area contributed by atoms with Crippen LogP contribution in [0.5, 0.6) is 0 Å². The van der Waals surface area contributed by atoms with Gasteiger partial charge in [0.25, 0.3) is 0 Å². The molecule has 8 nitrogen and oxygen atoms in total. The molecule has 0 aromatic heterocycles. The van der Waals surface area contributed by atoms with Crippen molar-refractivity contribution in [3.05, 3.63) is 0 Å². The van der Waals surface area contributed by atoms with Gasteiger partial charge in [-0.25, -0.2) is 14.4 Å². The molecular formula is C17H33Na3O8. The second kappa shape index (κ2) is 23.0. The van der Waals surface area contributed by atoms with Crippen LogP contribution in [-0.4, -0.2) is 141 Å². The van der Waals surface area contributed by atoms with Crippen LogP contribution in [0.25, 0.3) is 0 Å². The number of carboxylic acids is 3. The van der Waals surface area contributed by atoms with Gasteiger partial charge < -0.3 is 24.8 Å². The monoisotopic (exact) mass is 434 g/mol. The van der Waals surface area contributed by atoms with Crippen molar-refractivity contribution >= 4 is 107 Å². The molecule has 0 aliphatic heterocycles. The number of carbonyl (C=O) groups is 3. The van der Waals surface area contributed by atoms with E-state index in [-0.39, 0.29) is 95.3 Å². The van der Waals surface area contributed by atoms with Gasteiger partial charge in [-0.3, -0.25) is 0 Å². The molecule has 0 aromatic rings. The summed E-state index contributed by atoms with van der Waals surface area (Å²) >= 11 is 0. The second-order valence-electron chi connectivity index (χ2n) is 5.94. The third kappa shape index (κ3) is 17.1. The van der Waals surface area contributed by atoms with E-state index in [1.807, 2.05) is 0 Å². The van der Waals surface area contributed by atoms with Crippen LogP contribution in [0.15, 0.2) is 0 Å². The van der Waals surface area contributed by atoms with Crippen molar-refractivity contribution in [3.63, 3.8) is 0 Å². The Morgan fingerprint density at radius 1 is 0.679 bits per heavy atom. The summed E-state index contributed by atoms with van der Waals surface area (Å²) in [5, 5.41) is 26.6. The Bertz CT molecular complexity index is 407. The van der Waals surface area contributed by atoms with E-state index in [0.717, 1.165) is 25.7 Å². The van der Waals surface area contributed by atoms with E-state index in [0.29, 0.717) is 6.42 Å². The predicted octanol–water partition coefficient (Wildman–Crippen LogP) is 0.945. The molecule has 0 saturated heterocycles. The Morgan fingerprint density at radius 3 is 1.43 bits per heavy atom. The molecule has 0 aliphatic rings. The van der Waals surface area contributed by atoms with Gasteiger partial charge in [-0.2, -0.15) is 0 Å². The Labute approximate surface area is 233 Å². The van der Waals surface area contributed by atoms with Crippen LogP contribution in [0.2, 0.25) is 0 Å². The summed E-state index contributed by atoms with van der Waals surface area (Å²) in [6.45, 7) is 0.976. The van der Waals surface area contributed by atoms with Gasteiger partial charge in [-0.05, 0) is 6.42 Å². The number of carboxylic acid groups (broad SMARTS) is 3. The topological polar surface area (TPSA) is 130 Å². The Hall–Kier alpha value is 1.33. The van der Waals surface area contributed by atoms with Crippen LogP contribution < -0.4 is 0 Å². The molecule has 0 radical (unpaired) electrons. The van der Waals surface area contributed by atoms with E-state index in [9.17, 15) is 14.4 Å². The molecule has 0 amide bonds. The zero-order chi connectivity index (χ0) is 19.1. The SMILES string of the molecule is CCCCCCCCCCCCOC(OCC(=O)O)(C(=O)O)C(=O)O.[NaH].[NaH].[NaH]. The van der Waals surface area contributed by atoms with Gasteiger partial charge in [0.15, 0.2) is 0 Å². The molecule has 0 saturated carbocycles. The van der Waals surface area contributed by atoms with Crippen LogP contribution in [0, 0.1) is 0 Å². The van der Waals surface area contributed by atoms with E-state index < -0.39 is 30.3 Å². The molecular weight excluding hydrogens is 401 g/mol. The van der Waals surface area contributed by atoms with E-state index in [4.69, 9.17) is 20.1 Å². The molecule has 0 aromatic carbocycles. The van der Waals surface area contributed by atoms with Crippen molar-refractivity contribution in [2.24, 2.45) is 0 Å². The number of hydrogen-bond donors (Lipinski definition) is 3. The maximum absolute atomic E-state index is 11.2. The minimum absolute atomic E-state index is 0. The number of unbranched alkanes of at least 4 members (excludes halogenated alkanes) is 9. The molecule has 0 heterocycles. The van der Waals surface area contributed by atoms with Crippen molar-refractivity contribution in [2.75, 3.05) is 13.2 Å². The maximum atomic E-state index is 11.2. The first-order valence-corrected chi connectivity index (χ1v) is 8.83. The van der Waals surface area contributed by atoms with Crippen LogP contribution in [0.1, 0.15) is 71.1 Å². The van der Waals surface area contributed by atoms with E-state index >= 15 is 0 Å². The fraction of sp³-hybridized carbons (Fsp3) is 0.824. The van der Waals surface area contributed by atoms with Crippen LogP contribution in [0.3, 0.4) is 0 Å². The van der Waals surface area contributed by atoms with E-state index in [1.165, 1.54) is 32.1 Å². The molecule has 0 spiro atoms. The molecule has 152 valence electrons. The number of hydrogen-bond acceptors (Lipinski definition) is 5. The Morgan fingerprint density at radius 2 is 1.07 bits per heavy atom. The van der Waals surface area contributed by atoms with Gasteiger partial charge in [-0.15, -0.1) is 0 Å². The normalized spacial score (nSPS) is 10.2. The van der Waals surface area contributed by atoms with Gasteiger partial charge in [0.1, 0.15) is 6.61 Å². The summed E-state index contributed by atoms with van der Waals surface area (Å²) in [5.74, 6) is -8.21. The van der Waals surface area contributed by atoms with Crippen LogP contribution in [-0.2, 0) is 23.9 Å². The van der Waals surface area contributed by atoms with Crippen molar-refractivity contribution in [1.29, 1.82) is 0 Å². The molecule has 0 aliphatic carbocycles. The average Bonchev–Trinajstić information content (AvgIpc) is 2.54. The van der Waals surface area contributed by atoms with E-state index in [1.54, 1.807) is 0 Å². The van der Waals surface area contributed by atoms with Crippen LogP contribution in [0.4, 0.5) is 0 Å². The van der Waals surface area contributed by atoms with Crippen LogP contribution >= 0.6 is 0 Å². The summed E-state index contributed by atoms with van der Waals surface area (Å²) in [5.41, 5.74) is 0. The summed E-state index contributed by atoms with van der Waals surface area (Å²) in [6.07, 6.45) is 10.7. The fourth-order valence-corrected chi connectivity index (χ4v) is 2.35. The first-order chi connectivity index (χ1) is 11.9. The van der Waals surface area contributed by atoms with Gasteiger partial charge in [0, 0.05) is 0 Å². The summed E-state index contributed by atoms with van der Waals surface area (Å²) in [7, 11) is 0. The molecule has 0 fully saturated rings. The molecule has 0 atom stereocenters. The minimum atomic E-state index is -2.97. The molecule has 28 heavy (non-hydrogen) atoms. The van der Waals surface area contributed by atoms with Gasteiger partial charge in [0.2, 0.25) is 0 Å². The van der Waals surface area contributed by atoms with Gasteiger partial charge in [-0.1, -0.05) is 64.7 Å². The molecule has 3 N–H and O–H groups in total. The average molecular weight is 434 g/mol. The molecule has 0 rings (SSSR count). The quantitative estimate of drug-likeness (QED) is 0.134. The standard InChI is InChI=1S/C17H30O8.3Na.3H/c1-2-3-4-5-6-7-8-9-10-11-12-24-17(15(20)21,16(22)23)25-13-14(18)19;;;;;;/h2-13H2,1H3,(H,18,19)(H,20,21)(H,22,23);;;;;;. The fourth-order valence-electron chi connectivity index (χ4n) is 2.35. The first-order valence-electron chi connectivity index (χ1n) is 8.83. The Balaban J connectivity index is -0.000000960. The number of rotatable bonds is 17. The summed E-state index contributed by atoms with van der Waals surface area (Å²) in [4.78, 5) is 32.8. The first kappa shape index (κ1) is 36.7. The van der Waals surface area contributed by atoms with Gasteiger partial charge >= 0.3 is 112 Å². The molecule has 11 heteroatoms. The third-order valence-corrected chi connectivity index (χ3v) is 3.77. The molecule has 0 unspecified atom stereocenters. The zero-order valence-corrected chi connectivity index (χ0v) is 14.9. The number of ether oxygens (including phenoxy) is 2. The summed E-state index contributed by atoms with van der Waals surface area (Å²) in [6, 6.07) is 0. The van der Waals surface area contributed by atoms with Crippen molar-refractivity contribution in [2.45, 2.75) is 76.9 Å². The predicted molar refractivity (Wildman–Crippen MR) is 111 cm³/mol. The zero-order valence-electron chi connectivity index (χ0n) is 14.9. The second-order valence-corrected chi connectivity index (χ2v) is 5.94. The third-order valence-electron chi connectivity index (χ3n) is 3.77. The van der Waals surface area contributed by atoms with Crippen molar-refractivity contribution < 1.29 is 39.2 Å². The number of aliphatic carboxylic acids is 3. The summed E-state index contributed by atoms with van der Waals surface area (Å²) < 4.78 is 9.38.